The van der Waals surface area contributed by atoms with Gasteiger partial charge in [-0.3, -0.25) is 9.59 Å². The Morgan fingerprint density at radius 2 is 1.80 bits per heavy atom. The molecule has 0 aliphatic rings. The van der Waals surface area contributed by atoms with E-state index in [1.165, 1.54) is 6.92 Å². The maximum atomic E-state index is 14.4. The van der Waals surface area contributed by atoms with Crippen LogP contribution in [0.2, 0.25) is 5.02 Å². The molecular formula is C18H20ClF4N3O3S. The Labute approximate surface area is 178 Å². The summed E-state index contributed by atoms with van der Waals surface area (Å²) in [6.45, 7) is 7.10. The zero-order valence-corrected chi connectivity index (χ0v) is 18.1. The monoisotopic (exact) mass is 469 g/mol. The van der Waals surface area contributed by atoms with Crippen molar-refractivity contribution in [3.63, 3.8) is 0 Å². The Kier molecular flexibility index (Phi) is 8.73. The molecule has 12 heteroatoms. The molecule has 1 aromatic heterocycles. The van der Waals surface area contributed by atoms with Crippen LogP contribution < -0.4 is 17.1 Å². The number of thioether (sulfide) groups is 1. The molecule has 0 saturated carbocycles. The first-order chi connectivity index (χ1) is 13.9. The number of halogens is 5. The van der Waals surface area contributed by atoms with Crippen molar-refractivity contribution in [3.05, 3.63) is 55.6 Å². The average molecular weight is 470 g/mol. The van der Waals surface area contributed by atoms with Gasteiger partial charge in [0, 0.05) is 11.0 Å². The molecule has 0 spiro atoms. The summed E-state index contributed by atoms with van der Waals surface area (Å²) in [7, 11) is 0. The fraction of sp³-hybridized carbons (Fsp3) is 0.389. The van der Waals surface area contributed by atoms with Crippen molar-refractivity contribution in [3.8, 4) is 5.69 Å². The lowest BCUT2D eigenvalue weighted by Gasteiger charge is -2.16. The second kappa shape index (κ2) is 10.2. The number of hydrogen-bond acceptors (Lipinski definition) is 5. The van der Waals surface area contributed by atoms with E-state index in [0.717, 1.165) is 23.9 Å². The van der Waals surface area contributed by atoms with E-state index in [1.807, 2.05) is 13.8 Å². The zero-order valence-electron chi connectivity index (χ0n) is 16.5. The minimum Gasteiger partial charge on any atom is -0.335 e. The lowest BCUT2D eigenvalue weighted by atomic mass is 10.2. The summed E-state index contributed by atoms with van der Waals surface area (Å²) in [6.07, 6.45) is -4.62. The van der Waals surface area contributed by atoms with Crippen LogP contribution >= 0.6 is 23.4 Å². The van der Waals surface area contributed by atoms with Crippen molar-refractivity contribution in [1.82, 2.24) is 9.24 Å². The molecule has 2 rings (SSSR count). The number of rotatable bonds is 5. The van der Waals surface area contributed by atoms with Crippen molar-refractivity contribution in [2.75, 3.05) is 5.84 Å². The van der Waals surface area contributed by atoms with Gasteiger partial charge in [-0.25, -0.2) is 18.4 Å². The van der Waals surface area contributed by atoms with Gasteiger partial charge in [0.15, 0.2) is 5.69 Å². The topological polar surface area (TPSA) is 87.1 Å². The van der Waals surface area contributed by atoms with E-state index in [1.54, 1.807) is 6.92 Å². The lowest BCUT2D eigenvalue weighted by molar-refractivity contribution is -0.143. The summed E-state index contributed by atoms with van der Waals surface area (Å²) < 4.78 is 52.9. The fourth-order valence-electron chi connectivity index (χ4n) is 2.38. The number of nitrogens with zero attached hydrogens (tertiary/aromatic N) is 2. The van der Waals surface area contributed by atoms with Crippen LogP contribution in [0.15, 0.2) is 32.7 Å². The number of ketones is 1. The number of carbonyl (C=O) groups is 1. The molecule has 2 N–H and O–H groups in total. The van der Waals surface area contributed by atoms with Gasteiger partial charge in [0.1, 0.15) is 11.6 Å². The normalized spacial score (nSPS) is 12.2. The number of Topliss-reactive ketones (excluding diaryl/α,β-unsaturated/α-hetero) is 1. The highest BCUT2D eigenvalue weighted by Crippen LogP contribution is 2.35. The molecule has 2 aromatic rings. The Balaban J connectivity index is 0.00000218. The number of aromatic nitrogens is 2. The van der Waals surface area contributed by atoms with Gasteiger partial charge in [0.2, 0.25) is 0 Å². The second-order valence-electron chi connectivity index (χ2n) is 5.71. The molecule has 0 amide bonds. The first-order valence-electron chi connectivity index (χ1n) is 8.76. The van der Waals surface area contributed by atoms with E-state index < -0.39 is 39.9 Å². The first-order valence-corrected chi connectivity index (χ1v) is 10.0. The zero-order chi connectivity index (χ0) is 23.4. The van der Waals surface area contributed by atoms with Gasteiger partial charge in [-0.05, 0) is 25.5 Å². The van der Waals surface area contributed by atoms with Crippen molar-refractivity contribution >= 4 is 29.1 Å². The Morgan fingerprint density at radius 3 is 2.27 bits per heavy atom. The minimum atomic E-state index is -5.05. The van der Waals surface area contributed by atoms with Crippen LogP contribution in [0.1, 0.15) is 39.8 Å². The third-order valence-corrected chi connectivity index (χ3v) is 5.73. The number of alkyl halides is 3. The molecule has 166 valence electrons. The van der Waals surface area contributed by atoms with Gasteiger partial charge in [-0.1, -0.05) is 32.4 Å². The molecule has 1 aromatic carbocycles. The first kappa shape index (κ1) is 25.8. The van der Waals surface area contributed by atoms with Gasteiger partial charge in [-0.15, -0.1) is 11.8 Å². The second-order valence-corrected chi connectivity index (χ2v) is 7.36. The number of benzene rings is 1. The van der Waals surface area contributed by atoms with Crippen LogP contribution in [-0.2, 0) is 11.0 Å². The molecule has 0 bridgehead atoms. The quantitative estimate of drug-likeness (QED) is 0.406. The van der Waals surface area contributed by atoms with Gasteiger partial charge in [0.25, 0.3) is 5.56 Å². The highest BCUT2D eigenvalue weighted by Gasteiger charge is 2.36. The molecule has 1 unspecified atom stereocenters. The van der Waals surface area contributed by atoms with Crippen LogP contribution in [0, 0.1) is 5.82 Å². The molecule has 0 fully saturated rings. The summed E-state index contributed by atoms with van der Waals surface area (Å²) >= 11 is 6.95. The molecule has 30 heavy (non-hydrogen) atoms. The van der Waals surface area contributed by atoms with Crippen molar-refractivity contribution in [1.29, 1.82) is 0 Å². The standard InChI is InChI=1S/C16H14ClF4N3O3S.C2H6/c1-3-11(7(2)25)28-12-5-10(9(18)4-8(12)17)23-14(26)6-13(16(19,20)21)24(22)15(23)27;1-2/h4-6,11H,3,22H2,1-2H3;1-2H3. The van der Waals surface area contributed by atoms with Gasteiger partial charge in [-0.2, -0.15) is 13.2 Å². The Bertz CT molecular complexity index is 1050. The number of carbonyl (C=O) groups excluding carboxylic acids is 1. The molecular weight excluding hydrogens is 450 g/mol. The third-order valence-electron chi connectivity index (χ3n) is 3.76. The molecule has 0 saturated heterocycles. The molecule has 0 radical (unpaired) electrons. The molecule has 1 heterocycles. The smallest absolute Gasteiger partial charge is 0.335 e. The van der Waals surface area contributed by atoms with E-state index in [2.05, 4.69) is 0 Å². The third kappa shape index (κ3) is 5.45. The maximum absolute atomic E-state index is 14.4. The number of hydrogen-bond donors (Lipinski definition) is 1. The van der Waals surface area contributed by atoms with Gasteiger partial charge >= 0.3 is 11.9 Å². The lowest BCUT2D eigenvalue weighted by Crippen LogP contribution is -2.45. The van der Waals surface area contributed by atoms with Gasteiger partial charge < -0.3 is 5.84 Å². The highest BCUT2D eigenvalue weighted by molar-refractivity contribution is 8.00. The van der Waals surface area contributed by atoms with Gasteiger partial charge in [0.05, 0.1) is 16.0 Å². The SMILES string of the molecule is CC.CCC(Sc1cc(-n2c(=O)cc(C(F)(F)F)n(N)c2=O)c(F)cc1Cl)C(C)=O. The maximum Gasteiger partial charge on any atom is 0.433 e. The summed E-state index contributed by atoms with van der Waals surface area (Å²) in [5, 5.41) is -0.606. The predicted molar refractivity (Wildman–Crippen MR) is 108 cm³/mol. The Hall–Kier alpha value is -2.27. The molecule has 0 aliphatic carbocycles. The minimum absolute atomic E-state index is 0.0843. The number of nitrogen functional groups attached to an aromatic ring is 1. The van der Waals surface area contributed by atoms with Crippen LogP contribution in [-0.4, -0.2) is 20.3 Å². The van der Waals surface area contributed by atoms with Crippen LogP contribution in [0.3, 0.4) is 0 Å². The van der Waals surface area contributed by atoms with Crippen molar-refractivity contribution < 1.29 is 22.4 Å². The number of nitrogens with two attached hydrogens (primary N) is 1. The molecule has 0 aliphatic heterocycles. The highest BCUT2D eigenvalue weighted by atomic mass is 35.5. The van der Waals surface area contributed by atoms with Crippen molar-refractivity contribution in [2.24, 2.45) is 0 Å². The van der Waals surface area contributed by atoms with E-state index in [9.17, 15) is 31.9 Å². The van der Waals surface area contributed by atoms with E-state index in [4.69, 9.17) is 17.4 Å². The summed E-state index contributed by atoms with van der Waals surface area (Å²) in [5.74, 6) is 3.87. The van der Waals surface area contributed by atoms with Crippen LogP contribution in [0.4, 0.5) is 17.6 Å². The summed E-state index contributed by atoms with van der Waals surface area (Å²) in [6, 6.07) is 1.91. The van der Waals surface area contributed by atoms with Crippen LogP contribution in [0.25, 0.3) is 5.69 Å². The fourth-order valence-corrected chi connectivity index (χ4v) is 3.66. The summed E-state index contributed by atoms with van der Waals surface area (Å²) in [5.41, 5.74) is -5.32. The van der Waals surface area contributed by atoms with E-state index >= 15 is 0 Å². The van der Waals surface area contributed by atoms with E-state index in [-0.39, 0.29) is 31.0 Å². The van der Waals surface area contributed by atoms with E-state index in [0.29, 0.717) is 6.42 Å². The summed E-state index contributed by atoms with van der Waals surface area (Å²) in [4.78, 5) is 36.2. The van der Waals surface area contributed by atoms with Crippen LogP contribution in [0.5, 0.6) is 0 Å². The predicted octanol–water partition coefficient (Wildman–Crippen LogP) is 4.01. The average Bonchev–Trinajstić information content (AvgIpc) is 2.65. The Morgan fingerprint density at radius 1 is 1.23 bits per heavy atom. The molecule has 6 nitrogen and oxygen atoms in total. The molecule has 1 atom stereocenters. The van der Waals surface area contributed by atoms with Crippen molar-refractivity contribution in [2.45, 2.75) is 50.4 Å². The largest absolute Gasteiger partial charge is 0.433 e.